The van der Waals surface area contributed by atoms with Crippen LogP contribution in [0, 0.1) is 22.7 Å². The minimum absolute atomic E-state index is 0.00425. The Morgan fingerprint density at radius 2 is 1.72 bits per heavy atom. The van der Waals surface area contributed by atoms with Crippen LogP contribution in [-0.2, 0) is 15.3 Å². The number of carbonyl (C=O) groups is 2. The number of hydrogen-bond acceptors (Lipinski definition) is 12. The number of nitrogen functional groups attached to an aromatic ring is 1. The molecule has 4 aromatic rings. The first-order valence-corrected chi connectivity index (χ1v) is 16.5. The molecule has 0 saturated heterocycles. The van der Waals surface area contributed by atoms with Crippen molar-refractivity contribution in [2.24, 2.45) is 11.5 Å². The lowest BCUT2D eigenvalue weighted by Gasteiger charge is -2.30. The molecule has 0 spiro atoms. The lowest BCUT2D eigenvalue weighted by molar-refractivity contribution is -0.146. The summed E-state index contributed by atoms with van der Waals surface area (Å²) in [6.45, 7) is 0.444. The largest absolute Gasteiger partial charge is 0.494 e. The van der Waals surface area contributed by atoms with Gasteiger partial charge in [0.1, 0.15) is 44.8 Å². The number of rotatable bonds is 16. The average Bonchev–Trinajstić information content (AvgIpc) is 3.54. The third kappa shape index (κ3) is 8.77. The van der Waals surface area contributed by atoms with Gasteiger partial charge in [-0.1, -0.05) is 47.6 Å². The Balaban J connectivity index is 1.52. The van der Waals surface area contributed by atoms with Gasteiger partial charge in [-0.3, -0.25) is 9.59 Å². The number of amides is 1. The van der Waals surface area contributed by atoms with Gasteiger partial charge in [0, 0.05) is 53.2 Å². The van der Waals surface area contributed by atoms with E-state index >= 15 is 0 Å². The number of anilines is 1. The number of nitrogens with two attached hydrogens (primary N) is 3. The summed E-state index contributed by atoms with van der Waals surface area (Å²) in [4.78, 5) is 32.6. The van der Waals surface area contributed by atoms with E-state index < -0.39 is 17.4 Å². The van der Waals surface area contributed by atoms with Crippen molar-refractivity contribution in [2.75, 3.05) is 25.4 Å². The molecule has 0 unspecified atom stereocenters. The second-order valence-electron chi connectivity index (χ2n) is 10.3. The fraction of sp³-hybridized carbons (Fsp3) is 0.250. The highest BCUT2D eigenvalue weighted by atomic mass is 35.5. The Labute approximate surface area is 284 Å². The maximum absolute atomic E-state index is 12.2. The van der Waals surface area contributed by atoms with E-state index in [0.29, 0.717) is 32.7 Å². The molecule has 8 N–H and O–H groups in total. The Kier molecular flexibility index (Phi) is 12.1. The summed E-state index contributed by atoms with van der Waals surface area (Å²) in [5, 5.41) is 36.7. The molecule has 0 radical (unpaired) electrons. The van der Waals surface area contributed by atoms with E-state index in [0.717, 1.165) is 16.3 Å². The number of carbonyl (C=O) groups excluding carboxylic acids is 1. The lowest BCUT2D eigenvalue weighted by atomic mass is 9.89. The molecule has 0 aliphatic rings. The van der Waals surface area contributed by atoms with Gasteiger partial charge in [0.2, 0.25) is 5.91 Å². The van der Waals surface area contributed by atoms with Crippen LogP contribution in [0.25, 0.3) is 21.7 Å². The van der Waals surface area contributed by atoms with E-state index in [1.807, 2.05) is 17.5 Å². The highest BCUT2D eigenvalue weighted by molar-refractivity contribution is 7.98. The van der Waals surface area contributed by atoms with E-state index in [1.165, 1.54) is 23.1 Å². The number of halogens is 1. The molecule has 2 aromatic heterocycles. The van der Waals surface area contributed by atoms with Gasteiger partial charge in [0.05, 0.1) is 17.9 Å². The predicted molar refractivity (Wildman–Crippen MR) is 182 cm³/mol. The molecule has 0 aliphatic carbocycles. The van der Waals surface area contributed by atoms with E-state index in [4.69, 9.17) is 38.5 Å². The number of carboxylic acid groups (broad SMARTS) is 1. The standard InChI is InChI=1S/C32H31ClN8O4S2/c33-21-5-1-20(2-6-21)29-40-22(17-46-29)18-47-30-25(16-36)27(24(15-35)28(38)41-30)19-3-7-23(8-4-19)45-14-11-32(31(43)44,39-13-12-34)10-9-26(37)42/h1-8,17,39H,9-14,18,34H2,(H2,37,42)(H2,38,41)(H,43,44)/t32-/m1/s1. The predicted octanol–water partition coefficient (Wildman–Crippen LogP) is 4.55. The van der Waals surface area contributed by atoms with E-state index in [9.17, 15) is 25.2 Å². The summed E-state index contributed by atoms with van der Waals surface area (Å²) in [7, 11) is 0. The maximum Gasteiger partial charge on any atom is 0.324 e. The van der Waals surface area contributed by atoms with Crippen LogP contribution in [0.4, 0.5) is 5.82 Å². The van der Waals surface area contributed by atoms with Crippen molar-refractivity contribution in [1.29, 1.82) is 10.5 Å². The van der Waals surface area contributed by atoms with Crippen LogP contribution >= 0.6 is 34.7 Å². The molecule has 1 amide bonds. The van der Waals surface area contributed by atoms with E-state index in [1.54, 1.807) is 36.4 Å². The van der Waals surface area contributed by atoms with Gasteiger partial charge in [0.25, 0.3) is 0 Å². The minimum Gasteiger partial charge on any atom is -0.494 e. The molecular formula is C32H31ClN8O4S2. The van der Waals surface area contributed by atoms with Crippen molar-refractivity contribution >= 4 is 52.4 Å². The number of thiazole rings is 1. The Morgan fingerprint density at radius 1 is 1.04 bits per heavy atom. The smallest absolute Gasteiger partial charge is 0.324 e. The zero-order valence-electron chi connectivity index (χ0n) is 25.0. The third-order valence-electron chi connectivity index (χ3n) is 7.17. The number of thioether (sulfide) groups is 1. The topological polar surface area (TPSA) is 227 Å². The molecule has 4 rings (SSSR count). The lowest BCUT2D eigenvalue weighted by Crippen LogP contribution is -2.54. The van der Waals surface area contributed by atoms with Crippen LogP contribution in [0.1, 0.15) is 36.1 Å². The molecule has 0 aliphatic heterocycles. The third-order valence-corrected chi connectivity index (χ3v) is 9.37. The number of carboxylic acids is 1. The molecule has 2 heterocycles. The summed E-state index contributed by atoms with van der Waals surface area (Å²) in [6.07, 6.45) is -0.107. The Morgan fingerprint density at radius 3 is 2.34 bits per heavy atom. The van der Waals surface area contributed by atoms with Crippen molar-refractivity contribution in [2.45, 2.75) is 35.6 Å². The zero-order valence-corrected chi connectivity index (χ0v) is 27.4. The fourth-order valence-corrected chi connectivity index (χ4v) is 6.68. The molecule has 0 bridgehead atoms. The second kappa shape index (κ2) is 16.2. The van der Waals surface area contributed by atoms with Crippen LogP contribution in [-0.4, -0.2) is 52.2 Å². The van der Waals surface area contributed by atoms with Gasteiger partial charge < -0.3 is 32.4 Å². The molecule has 2 aromatic carbocycles. The van der Waals surface area contributed by atoms with Gasteiger partial charge in [-0.05, 0) is 36.2 Å². The first-order chi connectivity index (χ1) is 22.6. The number of nitrogens with zero attached hydrogens (tertiary/aromatic N) is 4. The molecular weight excluding hydrogens is 660 g/mol. The number of benzene rings is 2. The highest BCUT2D eigenvalue weighted by Crippen LogP contribution is 2.38. The van der Waals surface area contributed by atoms with Crippen molar-refractivity contribution in [3.63, 3.8) is 0 Å². The molecule has 242 valence electrons. The molecule has 47 heavy (non-hydrogen) atoms. The zero-order chi connectivity index (χ0) is 34.0. The summed E-state index contributed by atoms with van der Waals surface area (Å²) in [6, 6.07) is 18.3. The molecule has 1 atom stereocenters. The SMILES string of the molecule is N#Cc1c(N)nc(SCc2csc(-c3ccc(Cl)cc3)n2)c(C#N)c1-c1ccc(OCC[C@@](CCC(N)=O)(NCCN)C(=O)O)cc1. The van der Waals surface area contributed by atoms with Crippen LogP contribution in [0.5, 0.6) is 5.75 Å². The van der Waals surface area contributed by atoms with Gasteiger partial charge in [0.15, 0.2) is 0 Å². The maximum atomic E-state index is 12.2. The summed E-state index contributed by atoms with van der Waals surface area (Å²) >= 11 is 8.78. The van der Waals surface area contributed by atoms with Crippen molar-refractivity contribution in [3.8, 4) is 39.6 Å². The summed E-state index contributed by atoms with van der Waals surface area (Å²) in [5.41, 5.74) is 18.5. The van der Waals surface area contributed by atoms with Crippen molar-refractivity contribution in [3.05, 3.63) is 75.8 Å². The van der Waals surface area contributed by atoms with Gasteiger partial charge in [-0.15, -0.1) is 11.3 Å². The Bertz CT molecular complexity index is 1820. The van der Waals surface area contributed by atoms with Crippen molar-refractivity contribution in [1.82, 2.24) is 15.3 Å². The number of nitriles is 2. The van der Waals surface area contributed by atoms with Crippen LogP contribution in [0.3, 0.4) is 0 Å². The number of ether oxygens (including phenoxy) is 1. The number of aromatic nitrogens is 2. The normalized spacial score (nSPS) is 12.1. The molecule has 15 heteroatoms. The molecule has 12 nitrogen and oxygen atoms in total. The van der Waals surface area contributed by atoms with Crippen LogP contribution in [0.2, 0.25) is 5.02 Å². The summed E-state index contributed by atoms with van der Waals surface area (Å²) in [5.74, 6) is -0.911. The van der Waals surface area contributed by atoms with E-state index in [2.05, 4.69) is 22.4 Å². The number of pyridine rings is 1. The van der Waals surface area contributed by atoms with Crippen LogP contribution < -0.4 is 27.3 Å². The van der Waals surface area contributed by atoms with Gasteiger partial charge in [-0.2, -0.15) is 10.5 Å². The van der Waals surface area contributed by atoms with E-state index in [-0.39, 0.29) is 55.9 Å². The highest BCUT2D eigenvalue weighted by Gasteiger charge is 2.38. The molecule has 0 saturated carbocycles. The second-order valence-corrected chi connectivity index (χ2v) is 12.5. The first kappa shape index (κ1) is 35.2. The number of nitrogens with one attached hydrogen (secondary N) is 1. The monoisotopic (exact) mass is 690 g/mol. The van der Waals surface area contributed by atoms with Gasteiger partial charge in [-0.25, -0.2) is 9.97 Å². The number of aliphatic carboxylic acids is 1. The number of primary amides is 1. The molecule has 0 fully saturated rings. The van der Waals surface area contributed by atoms with Crippen molar-refractivity contribution < 1.29 is 19.4 Å². The Hall–Kier alpha value is -4.70. The van der Waals surface area contributed by atoms with Crippen LogP contribution in [0.15, 0.2) is 58.9 Å². The first-order valence-electron chi connectivity index (χ1n) is 14.3. The quantitative estimate of drug-likeness (QED) is 0.102. The summed E-state index contributed by atoms with van der Waals surface area (Å²) < 4.78 is 5.84. The number of hydrogen-bond donors (Lipinski definition) is 5. The minimum atomic E-state index is -1.45. The van der Waals surface area contributed by atoms with Gasteiger partial charge >= 0.3 is 5.97 Å². The fourth-order valence-electron chi connectivity index (χ4n) is 4.73. The average molecular weight is 691 g/mol.